The second-order valence-corrected chi connectivity index (χ2v) is 4.69. The molecule has 0 radical (unpaired) electrons. The van der Waals surface area contributed by atoms with E-state index in [2.05, 4.69) is 15.4 Å². The molecule has 108 valence electrons. The van der Waals surface area contributed by atoms with E-state index in [9.17, 15) is 4.79 Å². The van der Waals surface area contributed by atoms with Crippen molar-refractivity contribution in [2.24, 2.45) is 0 Å². The van der Waals surface area contributed by atoms with Crippen LogP contribution in [0.5, 0.6) is 0 Å². The average Bonchev–Trinajstić information content (AvgIpc) is 3.13. The third kappa shape index (κ3) is 2.80. The Hall–Kier alpha value is -2.60. The van der Waals surface area contributed by atoms with Crippen LogP contribution in [0.25, 0.3) is 10.9 Å². The van der Waals surface area contributed by atoms with Crippen LogP contribution in [-0.2, 0) is 11.3 Å². The summed E-state index contributed by atoms with van der Waals surface area (Å²) in [7, 11) is 1.64. The van der Waals surface area contributed by atoms with E-state index in [0.29, 0.717) is 24.4 Å². The van der Waals surface area contributed by atoms with Crippen molar-refractivity contribution in [3.63, 3.8) is 0 Å². The molecule has 6 nitrogen and oxygen atoms in total. The largest absolute Gasteiger partial charge is 0.383 e. The van der Waals surface area contributed by atoms with E-state index in [1.807, 2.05) is 24.4 Å². The number of para-hydroxylation sites is 1. The number of amides is 1. The Bertz CT molecular complexity index is 760. The molecule has 0 fully saturated rings. The van der Waals surface area contributed by atoms with Crippen molar-refractivity contribution in [2.45, 2.75) is 6.54 Å². The highest BCUT2D eigenvalue weighted by molar-refractivity contribution is 6.11. The van der Waals surface area contributed by atoms with Gasteiger partial charge in [0.25, 0.3) is 5.91 Å². The Balaban J connectivity index is 1.77. The van der Waals surface area contributed by atoms with Crippen molar-refractivity contribution < 1.29 is 9.53 Å². The quantitative estimate of drug-likeness (QED) is 0.755. The fraction of sp³-hybridized carbons (Fsp3) is 0.200. The van der Waals surface area contributed by atoms with E-state index < -0.39 is 0 Å². The van der Waals surface area contributed by atoms with Crippen molar-refractivity contribution in [1.82, 2.24) is 14.8 Å². The van der Waals surface area contributed by atoms with E-state index in [1.165, 1.54) is 0 Å². The molecule has 1 aromatic carbocycles. The third-order valence-corrected chi connectivity index (χ3v) is 3.25. The fourth-order valence-corrected chi connectivity index (χ4v) is 2.21. The Kier molecular flexibility index (Phi) is 3.70. The number of carbonyl (C=O) groups excluding carboxylic acids is 1. The first-order valence-corrected chi connectivity index (χ1v) is 6.67. The molecule has 0 atom stereocenters. The second kappa shape index (κ2) is 5.80. The molecule has 21 heavy (non-hydrogen) atoms. The summed E-state index contributed by atoms with van der Waals surface area (Å²) in [6, 6.07) is 7.57. The number of rotatable bonds is 5. The molecule has 2 N–H and O–H groups in total. The minimum Gasteiger partial charge on any atom is -0.383 e. The molecule has 0 aliphatic heterocycles. The number of hydrogen-bond acceptors (Lipinski definition) is 3. The molecule has 0 aliphatic rings. The maximum Gasteiger partial charge on any atom is 0.257 e. The summed E-state index contributed by atoms with van der Waals surface area (Å²) >= 11 is 0. The van der Waals surface area contributed by atoms with Gasteiger partial charge < -0.3 is 15.0 Å². The van der Waals surface area contributed by atoms with Gasteiger partial charge in [-0.05, 0) is 12.1 Å². The van der Waals surface area contributed by atoms with Gasteiger partial charge >= 0.3 is 0 Å². The zero-order valence-electron chi connectivity index (χ0n) is 11.7. The van der Waals surface area contributed by atoms with Gasteiger partial charge in [-0.25, -0.2) is 0 Å². The maximum atomic E-state index is 12.4. The molecule has 2 aromatic heterocycles. The molecule has 2 heterocycles. The number of ether oxygens (including phenoxy) is 1. The van der Waals surface area contributed by atoms with Crippen LogP contribution in [0.1, 0.15) is 10.4 Å². The van der Waals surface area contributed by atoms with Crippen LogP contribution in [0.4, 0.5) is 5.69 Å². The Morgan fingerprint density at radius 2 is 2.33 bits per heavy atom. The first-order chi connectivity index (χ1) is 10.3. The van der Waals surface area contributed by atoms with Crippen LogP contribution in [0.15, 0.2) is 42.9 Å². The molecule has 3 rings (SSSR count). The van der Waals surface area contributed by atoms with Gasteiger partial charge in [-0.1, -0.05) is 12.1 Å². The first kappa shape index (κ1) is 13.4. The summed E-state index contributed by atoms with van der Waals surface area (Å²) in [5, 5.41) is 8.03. The van der Waals surface area contributed by atoms with Crippen molar-refractivity contribution >= 4 is 22.5 Å². The number of aromatic nitrogens is 3. The lowest BCUT2D eigenvalue weighted by molar-refractivity contribution is 0.102. The van der Waals surface area contributed by atoms with E-state index in [1.54, 1.807) is 30.3 Å². The number of nitrogens with zero attached hydrogens (tertiary/aromatic N) is 2. The number of benzene rings is 1. The molecular formula is C15H16N4O2. The van der Waals surface area contributed by atoms with Gasteiger partial charge in [0.15, 0.2) is 0 Å². The number of carbonyl (C=O) groups is 1. The molecule has 1 amide bonds. The molecule has 0 spiro atoms. The van der Waals surface area contributed by atoms with E-state index in [-0.39, 0.29) is 5.91 Å². The first-order valence-electron chi connectivity index (χ1n) is 6.67. The second-order valence-electron chi connectivity index (χ2n) is 4.69. The standard InChI is InChI=1S/C15H16N4O2/c1-21-8-7-19-10-12(9-17-19)18-15(20)13-4-2-3-11-5-6-16-14(11)13/h2-6,9-10,16H,7-8H2,1H3,(H,18,20). The van der Waals surface area contributed by atoms with Gasteiger partial charge in [0.2, 0.25) is 0 Å². The van der Waals surface area contributed by atoms with Crippen LogP contribution >= 0.6 is 0 Å². The monoisotopic (exact) mass is 284 g/mol. The highest BCUT2D eigenvalue weighted by Crippen LogP contribution is 2.18. The lowest BCUT2D eigenvalue weighted by atomic mass is 10.1. The molecule has 0 aliphatic carbocycles. The lowest BCUT2D eigenvalue weighted by Crippen LogP contribution is -2.12. The van der Waals surface area contributed by atoms with Gasteiger partial charge in [-0.15, -0.1) is 0 Å². The zero-order chi connectivity index (χ0) is 14.7. The number of H-pyrrole nitrogens is 1. The van der Waals surface area contributed by atoms with Crippen molar-refractivity contribution in [1.29, 1.82) is 0 Å². The summed E-state index contributed by atoms with van der Waals surface area (Å²) < 4.78 is 6.72. The van der Waals surface area contributed by atoms with Crippen LogP contribution in [0.3, 0.4) is 0 Å². The highest BCUT2D eigenvalue weighted by Gasteiger charge is 2.11. The summed E-state index contributed by atoms with van der Waals surface area (Å²) in [5.74, 6) is -0.158. The summed E-state index contributed by atoms with van der Waals surface area (Å²) in [5.41, 5.74) is 2.11. The SMILES string of the molecule is COCCn1cc(NC(=O)c2cccc3cc[nH]c23)cn1. The molecule has 3 aromatic rings. The third-order valence-electron chi connectivity index (χ3n) is 3.25. The number of nitrogens with one attached hydrogen (secondary N) is 2. The van der Waals surface area contributed by atoms with Crippen LogP contribution in [-0.4, -0.2) is 34.4 Å². The predicted octanol–water partition coefficient (Wildman–Crippen LogP) is 2.26. The Morgan fingerprint density at radius 3 is 3.19 bits per heavy atom. The number of fused-ring (bicyclic) bond motifs is 1. The predicted molar refractivity (Wildman–Crippen MR) is 80.4 cm³/mol. The van der Waals surface area contributed by atoms with E-state index in [4.69, 9.17) is 4.74 Å². The summed E-state index contributed by atoms with van der Waals surface area (Å²) in [6.07, 6.45) is 5.23. The van der Waals surface area contributed by atoms with Gasteiger partial charge in [-0.2, -0.15) is 5.10 Å². The van der Waals surface area contributed by atoms with Gasteiger partial charge in [0.05, 0.1) is 36.1 Å². The zero-order valence-corrected chi connectivity index (χ0v) is 11.7. The van der Waals surface area contributed by atoms with E-state index in [0.717, 1.165) is 10.9 Å². The van der Waals surface area contributed by atoms with Crippen molar-refractivity contribution in [3.05, 3.63) is 48.4 Å². The molecule has 0 saturated heterocycles. The highest BCUT2D eigenvalue weighted by atomic mass is 16.5. The number of hydrogen-bond donors (Lipinski definition) is 2. The van der Waals surface area contributed by atoms with Crippen molar-refractivity contribution in [2.75, 3.05) is 19.0 Å². The Morgan fingerprint density at radius 1 is 1.43 bits per heavy atom. The topological polar surface area (TPSA) is 71.9 Å². The van der Waals surface area contributed by atoms with Crippen LogP contribution in [0.2, 0.25) is 0 Å². The molecule has 0 saturated carbocycles. The smallest absolute Gasteiger partial charge is 0.257 e. The van der Waals surface area contributed by atoms with E-state index >= 15 is 0 Å². The molecular weight excluding hydrogens is 268 g/mol. The maximum absolute atomic E-state index is 12.4. The normalized spacial score (nSPS) is 10.9. The minimum atomic E-state index is -0.158. The molecule has 0 bridgehead atoms. The molecule has 6 heteroatoms. The minimum absolute atomic E-state index is 0.158. The fourth-order valence-electron chi connectivity index (χ4n) is 2.21. The van der Waals surface area contributed by atoms with Crippen molar-refractivity contribution in [3.8, 4) is 0 Å². The van der Waals surface area contributed by atoms with Crippen LogP contribution < -0.4 is 5.32 Å². The van der Waals surface area contributed by atoms with Crippen LogP contribution in [0, 0.1) is 0 Å². The average molecular weight is 284 g/mol. The number of methoxy groups -OCH3 is 1. The summed E-state index contributed by atoms with van der Waals surface area (Å²) in [4.78, 5) is 15.4. The Labute approximate surface area is 121 Å². The lowest BCUT2D eigenvalue weighted by Gasteiger charge is -2.04. The molecule has 0 unspecified atom stereocenters. The van der Waals surface area contributed by atoms with Gasteiger partial charge in [0, 0.05) is 24.9 Å². The summed E-state index contributed by atoms with van der Waals surface area (Å²) in [6.45, 7) is 1.23. The van der Waals surface area contributed by atoms with Gasteiger partial charge in [-0.3, -0.25) is 9.48 Å². The number of aromatic amines is 1. The van der Waals surface area contributed by atoms with Gasteiger partial charge in [0.1, 0.15) is 0 Å². The number of anilines is 1.